The van der Waals surface area contributed by atoms with Crippen LogP contribution in [0.3, 0.4) is 0 Å². The van der Waals surface area contributed by atoms with Crippen LogP contribution in [0, 0.1) is 0 Å². The van der Waals surface area contributed by atoms with Crippen molar-refractivity contribution in [2.24, 2.45) is 4.99 Å². The molecule has 0 aromatic carbocycles. The topological polar surface area (TPSA) is 32.7 Å². The highest BCUT2D eigenvalue weighted by atomic mass is 16.1. The van der Waals surface area contributed by atoms with Gasteiger partial charge in [-0.3, -0.25) is 4.79 Å². The Morgan fingerprint density at radius 2 is 2.42 bits per heavy atom. The second-order valence-corrected chi connectivity index (χ2v) is 2.60. The van der Waals surface area contributed by atoms with Crippen LogP contribution in [0.4, 0.5) is 0 Å². The van der Waals surface area contributed by atoms with E-state index in [1.165, 1.54) is 0 Å². The van der Waals surface area contributed by atoms with E-state index in [1.807, 2.05) is 17.1 Å². The Balaban J connectivity index is 2.31. The largest absolute Gasteiger partial charge is 0.328 e. The molecule has 0 aliphatic carbocycles. The molecule has 0 aromatic rings. The van der Waals surface area contributed by atoms with Gasteiger partial charge in [-0.05, 0) is 18.2 Å². The van der Waals surface area contributed by atoms with Gasteiger partial charge in [0.1, 0.15) is 5.84 Å². The van der Waals surface area contributed by atoms with Crippen LogP contribution in [0.2, 0.25) is 0 Å². The molecule has 0 N–H and O–H groups in total. The number of nitrogens with zero attached hydrogens (tertiary/aromatic N) is 2. The van der Waals surface area contributed by atoms with Gasteiger partial charge in [-0.2, -0.15) is 0 Å². The van der Waals surface area contributed by atoms with Crippen molar-refractivity contribution in [1.82, 2.24) is 4.90 Å². The van der Waals surface area contributed by atoms with Gasteiger partial charge >= 0.3 is 0 Å². The number of aldehydes is 1. The van der Waals surface area contributed by atoms with Crippen LogP contribution in [-0.2, 0) is 4.79 Å². The minimum absolute atomic E-state index is 0.684. The molecule has 0 atom stereocenters. The molecule has 0 bridgehead atoms. The molecule has 3 heteroatoms. The molecule has 2 aliphatic rings. The predicted octanol–water partition coefficient (Wildman–Crippen LogP) is 0.867. The second-order valence-electron chi connectivity index (χ2n) is 2.60. The van der Waals surface area contributed by atoms with Crippen LogP contribution in [0.15, 0.2) is 41.2 Å². The van der Waals surface area contributed by atoms with Gasteiger partial charge in [-0.1, -0.05) is 0 Å². The van der Waals surface area contributed by atoms with Crippen molar-refractivity contribution < 1.29 is 4.79 Å². The Hall–Kier alpha value is -1.64. The monoisotopic (exact) mass is 160 g/mol. The minimum Gasteiger partial charge on any atom is -0.328 e. The Labute approximate surface area is 70.4 Å². The summed E-state index contributed by atoms with van der Waals surface area (Å²) in [4.78, 5) is 16.5. The van der Waals surface area contributed by atoms with Gasteiger partial charge < -0.3 is 4.90 Å². The van der Waals surface area contributed by atoms with E-state index >= 15 is 0 Å². The molecule has 12 heavy (non-hydrogen) atoms. The summed E-state index contributed by atoms with van der Waals surface area (Å²) in [6.45, 7) is 0.792. The van der Waals surface area contributed by atoms with Crippen molar-refractivity contribution >= 4 is 12.1 Å². The average Bonchev–Trinajstić information content (AvgIpc) is 2.17. The summed E-state index contributed by atoms with van der Waals surface area (Å²) < 4.78 is 0. The van der Waals surface area contributed by atoms with E-state index in [4.69, 9.17) is 0 Å². The van der Waals surface area contributed by atoms with Gasteiger partial charge in [-0.25, -0.2) is 4.99 Å². The lowest BCUT2D eigenvalue weighted by Crippen LogP contribution is -2.28. The molecule has 0 saturated carbocycles. The summed E-state index contributed by atoms with van der Waals surface area (Å²) in [6.07, 6.45) is 9.97. The fourth-order valence-corrected chi connectivity index (χ4v) is 1.18. The maximum Gasteiger partial charge on any atom is 0.151 e. The Morgan fingerprint density at radius 3 is 3.25 bits per heavy atom. The van der Waals surface area contributed by atoms with Crippen LogP contribution in [-0.4, -0.2) is 23.6 Å². The van der Waals surface area contributed by atoms with Gasteiger partial charge in [0.2, 0.25) is 0 Å². The number of allylic oxidation sites excluding steroid dienone is 2. The number of rotatable bonds is 1. The van der Waals surface area contributed by atoms with Gasteiger partial charge in [0.15, 0.2) is 6.29 Å². The zero-order chi connectivity index (χ0) is 8.39. The third kappa shape index (κ3) is 1.09. The number of hydrogen-bond acceptors (Lipinski definition) is 3. The maximum absolute atomic E-state index is 10.4. The van der Waals surface area contributed by atoms with Gasteiger partial charge in [0.25, 0.3) is 0 Å². The zero-order valence-electron chi connectivity index (χ0n) is 6.47. The fourth-order valence-electron chi connectivity index (χ4n) is 1.18. The third-order valence-corrected chi connectivity index (χ3v) is 1.77. The molecule has 0 spiro atoms. The number of amidine groups is 1. The highest BCUT2D eigenvalue weighted by Crippen LogP contribution is 2.10. The van der Waals surface area contributed by atoms with E-state index in [-0.39, 0.29) is 0 Å². The van der Waals surface area contributed by atoms with E-state index in [1.54, 1.807) is 18.5 Å². The van der Waals surface area contributed by atoms with E-state index in [2.05, 4.69) is 4.99 Å². The quantitative estimate of drug-likeness (QED) is 0.533. The minimum atomic E-state index is 0.684. The van der Waals surface area contributed by atoms with E-state index in [0.717, 1.165) is 18.7 Å². The first-order valence-electron chi connectivity index (χ1n) is 3.75. The molecule has 2 rings (SSSR count). The van der Waals surface area contributed by atoms with Crippen molar-refractivity contribution in [1.29, 1.82) is 0 Å². The summed E-state index contributed by atoms with van der Waals surface area (Å²) in [5.74, 6) is 0.892. The molecular formula is C9H8N2O. The van der Waals surface area contributed by atoms with Crippen molar-refractivity contribution in [3.8, 4) is 0 Å². The molecule has 0 fully saturated rings. The summed E-state index contributed by atoms with van der Waals surface area (Å²) >= 11 is 0. The van der Waals surface area contributed by atoms with E-state index < -0.39 is 0 Å². The zero-order valence-corrected chi connectivity index (χ0v) is 6.47. The Bertz CT molecular complexity index is 323. The summed E-state index contributed by atoms with van der Waals surface area (Å²) in [7, 11) is 0. The normalized spacial score (nSPS) is 19.8. The SMILES string of the molecule is O=CC1=CN2CC=CN=C2C=C1. The average molecular weight is 160 g/mol. The lowest BCUT2D eigenvalue weighted by Gasteiger charge is -2.23. The lowest BCUT2D eigenvalue weighted by molar-refractivity contribution is -0.104. The van der Waals surface area contributed by atoms with Crippen molar-refractivity contribution in [3.63, 3.8) is 0 Å². The number of carbonyl (C=O) groups is 1. The van der Waals surface area contributed by atoms with Crippen LogP contribution in [0.1, 0.15) is 0 Å². The molecule has 0 radical (unpaired) electrons. The highest BCUT2D eigenvalue weighted by Gasteiger charge is 2.11. The molecule has 3 nitrogen and oxygen atoms in total. The number of carbonyl (C=O) groups excluding carboxylic acids is 1. The molecule has 2 aliphatic heterocycles. The summed E-state index contributed by atoms with van der Waals surface area (Å²) in [5, 5.41) is 0. The third-order valence-electron chi connectivity index (χ3n) is 1.77. The first kappa shape index (κ1) is 7.03. The van der Waals surface area contributed by atoms with Crippen LogP contribution < -0.4 is 0 Å². The number of aliphatic imine (C=N–C) groups is 1. The first-order valence-corrected chi connectivity index (χ1v) is 3.75. The van der Waals surface area contributed by atoms with Crippen LogP contribution in [0.5, 0.6) is 0 Å². The molecule has 0 aromatic heterocycles. The molecular weight excluding hydrogens is 152 g/mol. The van der Waals surface area contributed by atoms with Crippen molar-refractivity contribution in [3.05, 3.63) is 36.2 Å². The Kier molecular flexibility index (Phi) is 1.63. The fraction of sp³-hybridized carbons (Fsp3) is 0.111. The Morgan fingerprint density at radius 1 is 1.50 bits per heavy atom. The van der Waals surface area contributed by atoms with Crippen molar-refractivity contribution in [2.75, 3.05) is 6.54 Å². The lowest BCUT2D eigenvalue weighted by atomic mass is 10.2. The number of fused-ring (bicyclic) bond motifs is 1. The van der Waals surface area contributed by atoms with E-state index in [0.29, 0.717) is 5.57 Å². The van der Waals surface area contributed by atoms with E-state index in [9.17, 15) is 4.79 Å². The van der Waals surface area contributed by atoms with Gasteiger partial charge in [-0.15, -0.1) is 0 Å². The molecule has 0 amide bonds. The first-order chi connectivity index (χ1) is 5.90. The number of hydrogen-bond donors (Lipinski definition) is 0. The van der Waals surface area contributed by atoms with Crippen LogP contribution >= 0.6 is 0 Å². The van der Waals surface area contributed by atoms with Crippen molar-refractivity contribution in [2.45, 2.75) is 0 Å². The highest BCUT2D eigenvalue weighted by molar-refractivity contribution is 5.98. The smallest absolute Gasteiger partial charge is 0.151 e. The molecule has 0 saturated heterocycles. The van der Waals surface area contributed by atoms with Gasteiger partial charge in [0.05, 0.1) is 0 Å². The van der Waals surface area contributed by atoms with Gasteiger partial charge in [0, 0.05) is 24.5 Å². The predicted molar refractivity (Wildman–Crippen MR) is 46.6 cm³/mol. The summed E-state index contributed by atoms with van der Waals surface area (Å²) in [6, 6.07) is 0. The second kappa shape index (κ2) is 2.77. The standard InChI is InChI=1S/C9H8N2O/c12-7-8-2-3-9-10-4-1-5-11(9)6-8/h1-4,6-7H,5H2. The molecule has 60 valence electrons. The molecule has 0 unspecified atom stereocenters. The van der Waals surface area contributed by atoms with Crippen LogP contribution in [0.25, 0.3) is 0 Å². The molecule has 2 heterocycles. The maximum atomic E-state index is 10.4. The summed E-state index contributed by atoms with van der Waals surface area (Å²) in [5.41, 5.74) is 0.684.